The highest BCUT2D eigenvalue weighted by molar-refractivity contribution is 5.76. The summed E-state index contributed by atoms with van der Waals surface area (Å²) < 4.78 is 0. The lowest BCUT2D eigenvalue weighted by Gasteiger charge is -2.27. The molecule has 2 rings (SSSR count). The topological polar surface area (TPSA) is 74.6 Å². The van der Waals surface area contributed by atoms with Gasteiger partial charge in [-0.25, -0.2) is 0 Å². The van der Waals surface area contributed by atoms with Gasteiger partial charge in [0.25, 0.3) is 0 Å². The first-order chi connectivity index (χ1) is 6.53. The van der Waals surface area contributed by atoms with Crippen molar-refractivity contribution in [1.29, 1.82) is 0 Å². The molecule has 1 fully saturated rings. The van der Waals surface area contributed by atoms with Crippen LogP contribution in [0.25, 0.3) is 0 Å². The van der Waals surface area contributed by atoms with Crippen LogP contribution in [0.3, 0.4) is 0 Å². The molecule has 2 bridgehead atoms. The van der Waals surface area contributed by atoms with Gasteiger partial charge in [-0.15, -0.1) is 0 Å². The van der Waals surface area contributed by atoms with Crippen molar-refractivity contribution in [3.05, 3.63) is 12.2 Å². The van der Waals surface area contributed by atoms with Gasteiger partial charge in [-0.2, -0.15) is 0 Å². The molecule has 2 aliphatic carbocycles. The smallest absolute Gasteiger partial charge is 0.307 e. The van der Waals surface area contributed by atoms with Gasteiger partial charge < -0.3 is 10.2 Å². The predicted octanol–water partition coefficient (Wildman–Crippen LogP) is 1.13. The summed E-state index contributed by atoms with van der Waals surface area (Å²) in [6.45, 7) is 0. The van der Waals surface area contributed by atoms with Crippen LogP contribution in [0.4, 0.5) is 0 Å². The van der Waals surface area contributed by atoms with Crippen molar-refractivity contribution in [2.45, 2.75) is 19.3 Å². The monoisotopic (exact) mass is 196 g/mol. The van der Waals surface area contributed by atoms with E-state index < -0.39 is 23.3 Å². The number of allylic oxidation sites excluding steroid dienone is 2. The van der Waals surface area contributed by atoms with E-state index in [1.807, 2.05) is 6.08 Å². The Morgan fingerprint density at radius 1 is 1.43 bits per heavy atom. The Balaban J connectivity index is 2.26. The summed E-state index contributed by atoms with van der Waals surface area (Å²) in [5, 5.41) is 17.7. The molecule has 0 aromatic rings. The third kappa shape index (κ3) is 1.22. The molecule has 4 nitrogen and oxygen atoms in total. The van der Waals surface area contributed by atoms with Crippen molar-refractivity contribution >= 4 is 11.9 Å². The average molecular weight is 196 g/mol. The standard InChI is InChI=1S/C10H12O4/c11-8(12)5-10-2-1-6(4-10)3-7(10)9(13)14/h1-2,6-7H,3-5H2,(H,11,12)(H,13,14)/t6-,7+,10-/m1/s1. The molecule has 3 atom stereocenters. The molecule has 2 N–H and O–H groups in total. The molecule has 0 radical (unpaired) electrons. The molecule has 1 saturated carbocycles. The third-order valence-corrected chi connectivity index (χ3v) is 3.35. The Kier molecular flexibility index (Phi) is 1.87. The van der Waals surface area contributed by atoms with Crippen LogP contribution in [-0.2, 0) is 9.59 Å². The first-order valence-electron chi connectivity index (χ1n) is 4.67. The fraction of sp³-hybridized carbons (Fsp3) is 0.600. The van der Waals surface area contributed by atoms with Crippen molar-refractivity contribution in [3.63, 3.8) is 0 Å². The van der Waals surface area contributed by atoms with Crippen LogP contribution in [0.5, 0.6) is 0 Å². The summed E-state index contributed by atoms with van der Waals surface area (Å²) >= 11 is 0. The first-order valence-corrected chi connectivity index (χ1v) is 4.67. The normalized spacial score (nSPS) is 38.9. The quantitative estimate of drug-likeness (QED) is 0.663. The highest BCUT2D eigenvalue weighted by Gasteiger charge is 2.52. The van der Waals surface area contributed by atoms with E-state index in [2.05, 4.69) is 0 Å². The zero-order valence-electron chi connectivity index (χ0n) is 7.64. The second kappa shape index (κ2) is 2.83. The molecule has 14 heavy (non-hydrogen) atoms. The van der Waals surface area contributed by atoms with Crippen LogP contribution in [0, 0.1) is 17.3 Å². The fourth-order valence-corrected chi connectivity index (χ4v) is 2.79. The van der Waals surface area contributed by atoms with Gasteiger partial charge in [-0.05, 0) is 18.8 Å². The maximum absolute atomic E-state index is 11.0. The molecule has 2 aliphatic rings. The van der Waals surface area contributed by atoms with E-state index in [9.17, 15) is 9.59 Å². The molecular formula is C10H12O4. The maximum Gasteiger partial charge on any atom is 0.307 e. The molecule has 0 aliphatic heterocycles. The van der Waals surface area contributed by atoms with Crippen molar-refractivity contribution in [3.8, 4) is 0 Å². The van der Waals surface area contributed by atoms with Gasteiger partial charge >= 0.3 is 11.9 Å². The number of rotatable bonds is 3. The van der Waals surface area contributed by atoms with Crippen LogP contribution in [-0.4, -0.2) is 22.2 Å². The lowest BCUT2D eigenvalue weighted by Crippen LogP contribution is -2.31. The van der Waals surface area contributed by atoms with Crippen molar-refractivity contribution < 1.29 is 19.8 Å². The molecule has 0 saturated heterocycles. The highest BCUT2D eigenvalue weighted by Crippen LogP contribution is 2.55. The first kappa shape index (κ1) is 9.24. The Labute approximate surface area is 81.2 Å². The van der Waals surface area contributed by atoms with E-state index in [1.54, 1.807) is 6.08 Å². The Morgan fingerprint density at radius 2 is 2.14 bits per heavy atom. The summed E-state index contributed by atoms with van der Waals surface area (Å²) in [6, 6.07) is 0. The van der Waals surface area contributed by atoms with Gasteiger partial charge in [0.2, 0.25) is 0 Å². The molecule has 76 valence electrons. The van der Waals surface area contributed by atoms with Crippen molar-refractivity contribution in [1.82, 2.24) is 0 Å². The Morgan fingerprint density at radius 3 is 2.64 bits per heavy atom. The number of hydrogen-bond acceptors (Lipinski definition) is 2. The van der Waals surface area contributed by atoms with E-state index in [4.69, 9.17) is 10.2 Å². The number of aliphatic carboxylic acids is 2. The van der Waals surface area contributed by atoms with Gasteiger partial charge in [0.05, 0.1) is 12.3 Å². The average Bonchev–Trinajstić information content (AvgIpc) is 2.58. The van der Waals surface area contributed by atoms with Crippen LogP contribution in [0.15, 0.2) is 12.2 Å². The predicted molar refractivity (Wildman–Crippen MR) is 47.7 cm³/mol. The van der Waals surface area contributed by atoms with Gasteiger partial charge in [-0.3, -0.25) is 9.59 Å². The molecule has 0 aromatic carbocycles. The molecule has 0 heterocycles. The lowest BCUT2D eigenvalue weighted by atomic mass is 9.75. The summed E-state index contributed by atoms with van der Waals surface area (Å²) in [5.41, 5.74) is -0.609. The summed E-state index contributed by atoms with van der Waals surface area (Å²) in [6.07, 6.45) is 4.99. The fourth-order valence-electron chi connectivity index (χ4n) is 2.79. The minimum Gasteiger partial charge on any atom is -0.481 e. The molecule has 0 unspecified atom stereocenters. The molecular weight excluding hydrogens is 184 g/mol. The number of carbonyl (C=O) groups is 2. The van der Waals surface area contributed by atoms with Gasteiger partial charge in [0, 0.05) is 5.41 Å². The number of fused-ring (bicyclic) bond motifs is 2. The number of carboxylic acid groups (broad SMARTS) is 2. The summed E-state index contributed by atoms with van der Waals surface area (Å²) in [7, 11) is 0. The zero-order valence-corrected chi connectivity index (χ0v) is 7.64. The van der Waals surface area contributed by atoms with Gasteiger partial charge in [-0.1, -0.05) is 12.2 Å². The van der Waals surface area contributed by atoms with E-state index in [1.165, 1.54) is 0 Å². The van der Waals surface area contributed by atoms with Crippen LogP contribution < -0.4 is 0 Å². The molecule has 0 aromatic heterocycles. The van der Waals surface area contributed by atoms with Crippen LogP contribution >= 0.6 is 0 Å². The lowest BCUT2D eigenvalue weighted by molar-refractivity contribution is -0.146. The van der Waals surface area contributed by atoms with Gasteiger partial charge in [0.1, 0.15) is 0 Å². The molecule has 4 heteroatoms. The zero-order chi connectivity index (χ0) is 10.3. The van der Waals surface area contributed by atoms with E-state index in [-0.39, 0.29) is 12.3 Å². The van der Waals surface area contributed by atoms with E-state index in [0.717, 1.165) is 0 Å². The summed E-state index contributed by atoms with van der Waals surface area (Å²) in [4.78, 5) is 21.6. The maximum atomic E-state index is 11.0. The van der Waals surface area contributed by atoms with Crippen LogP contribution in [0.1, 0.15) is 19.3 Å². The Bertz CT molecular complexity index is 320. The second-order valence-electron chi connectivity index (χ2n) is 4.25. The molecule has 0 amide bonds. The minimum absolute atomic E-state index is 0.0586. The van der Waals surface area contributed by atoms with Gasteiger partial charge in [0.15, 0.2) is 0 Å². The Hall–Kier alpha value is -1.32. The van der Waals surface area contributed by atoms with Crippen molar-refractivity contribution in [2.75, 3.05) is 0 Å². The SMILES string of the molecule is O=C(O)C[C@]12C=C[C@H](C[C@H]1C(=O)O)C2. The third-order valence-electron chi connectivity index (χ3n) is 3.35. The summed E-state index contributed by atoms with van der Waals surface area (Å²) in [5.74, 6) is -2.01. The highest BCUT2D eigenvalue weighted by atomic mass is 16.4. The van der Waals surface area contributed by atoms with E-state index >= 15 is 0 Å². The molecule has 0 spiro atoms. The minimum atomic E-state index is -0.913. The number of carboxylic acids is 2. The van der Waals surface area contributed by atoms with Crippen molar-refractivity contribution in [2.24, 2.45) is 17.3 Å². The number of hydrogen-bond donors (Lipinski definition) is 2. The second-order valence-corrected chi connectivity index (χ2v) is 4.25. The largest absolute Gasteiger partial charge is 0.481 e. The van der Waals surface area contributed by atoms with E-state index in [0.29, 0.717) is 12.8 Å². The van der Waals surface area contributed by atoms with Crippen LogP contribution in [0.2, 0.25) is 0 Å².